The molecular formula is C11H19Cl2N3OS. The predicted molar refractivity (Wildman–Crippen MR) is 79.0 cm³/mol. The molecule has 1 aromatic heterocycles. The average Bonchev–Trinajstić information content (AvgIpc) is 2.83. The van der Waals surface area contributed by atoms with Crippen molar-refractivity contribution in [2.24, 2.45) is 0 Å². The Bertz CT molecular complexity index is 329. The van der Waals surface area contributed by atoms with Crippen molar-refractivity contribution in [2.45, 2.75) is 31.7 Å². The molecule has 1 atom stereocenters. The number of hydrogen-bond acceptors (Lipinski definition) is 4. The number of piperidine rings is 1. The van der Waals surface area contributed by atoms with E-state index >= 15 is 0 Å². The summed E-state index contributed by atoms with van der Waals surface area (Å²) in [5.41, 5.74) is 2.88. The SMILES string of the molecule is Cl.Cl.O=C(NCCc1cscn1)[C@@H]1CCCCN1. The van der Waals surface area contributed by atoms with Crippen LogP contribution in [0.2, 0.25) is 0 Å². The van der Waals surface area contributed by atoms with Crippen LogP contribution in [0.15, 0.2) is 10.9 Å². The zero-order valence-corrected chi connectivity index (χ0v) is 12.5. The second-order valence-corrected chi connectivity index (χ2v) is 4.74. The van der Waals surface area contributed by atoms with Crippen LogP contribution in [0.25, 0.3) is 0 Å². The van der Waals surface area contributed by atoms with E-state index in [1.807, 2.05) is 10.9 Å². The van der Waals surface area contributed by atoms with E-state index in [2.05, 4.69) is 15.6 Å². The first-order valence-electron chi connectivity index (χ1n) is 5.74. The predicted octanol–water partition coefficient (Wildman–Crippen LogP) is 1.79. The number of carbonyl (C=O) groups excluding carboxylic acids is 1. The van der Waals surface area contributed by atoms with E-state index in [-0.39, 0.29) is 36.8 Å². The molecule has 1 saturated heterocycles. The molecule has 2 heterocycles. The fraction of sp³-hybridized carbons (Fsp3) is 0.636. The molecule has 1 amide bonds. The van der Waals surface area contributed by atoms with E-state index in [4.69, 9.17) is 0 Å². The van der Waals surface area contributed by atoms with Gasteiger partial charge in [0, 0.05) is 18.3 Å². The molecule has 2 rings (SSSR count). The highest BCUT2D eigenvalue weighted by Gasteiger charge is 2.19. The quantitative estimate of drug-likeness (QED) is 0.891. The number of amides is 1. The van der Waals surface area contributed by atoms with E-state index in [0.29, 0.717) is 6.54 Å². The minimum atomic E-state index is 0. The van der Waals surface area contributed by atoms with Crippen molar-refractivity contribution in [1.82, 2.24) is 15.6 Å². The van der Waals surface area contributed by atoms with Gasteiger partial charge in [-0.1, -0.05) is 6.42 Å². The highest BCUT2D eigenvalue weighted by molar-refractivity contribution is 7.07. The zero-order chi connectivity index (χ0) is 11.2. The van der Waals surface area contributed by atoms with Crippen molar-refractivity contribution in [2.75, 3.05) is 13.1 Å². The highest BCUT2D eigenvalue weighted by Crippen LogP contribution is 2.06. The van der Waals surface area contributed by atoms with E-state index in [1.54, 1.807) is 11.3 Å². The maximum atomic E-state index is 11.7. The number of aromatic nitrogens is 1. The summed E-state index contributed by atoms with van der Waals surface area (Å²) >= 11 is 1.59. The van der Waals surface area contributed by atoms with Gasteiger partial charge in [-0.25, -0.2) is 4.98 Å². The molecule has 0 bridgehead atoms. The molecule has 18 heavy (non-hydrogen) atoms. The summed E-state index contributed by atoms with van der Waals surface area (Å²) in [4.78, 5) is 15.9. The Hall–Kier alpha value is -0.360. The lowest BCUT2D eigenvalue weighted by molar-refractivity contribution is -0.123. The summed E-state index contributed by atoms with van der Waals surface area (Å²) in [6.45, 7) is 1.64. The number of hydrogen-bond donors (Lipinski definition) is 2. The van der Waals surface area contributed by atoms with Crippen LogP contribution < -0.4 is 10.6 Å². The Morgan fingerprint density at radius 2 is 2.33 bits per heavy atom. The minimum Gasteiger partial charge on any atom is -0.354 e. The molecular weight excluding hydrogens is 293 g/mol. The average molecular weight is 312 g/mol. The second-order valence-electron chi connectivity index (χ2n) is 4.02. The molecule has 1 fully saturated rings. The Labute approximate surface area is 124 Å². The summed E-state index contributed by atoms with van der Waals surface area (Å²) in [6.07, 6.45) is 4.12. The third-order valence-electron chi connectivity index (χ3n) is 2.79. The van der Waals surface area contributed by atoms with Crippen molar-refractivity contribution in [3.63, 3.8) is 0 Å². The van der Waals surface area contributed by atoms with Crippen LogP contribution in [0.3, 0.4) is 0 Å². The van der Waals surface area contributed by atoms with Crippen LogP contribution in [0.4, 0.5) is 0 Å². The number of nitrogens with zero attached hydrogens (tertiary/aromatic N) is 1. The molecule has 4 nitrogen and oxygen atoms in total. The van der Waals surface area contributed by atoms with Gasteiger partial charge < -0.3 is 10.6 Å². The van der Waals surface area contributed by atoms with Crippen LogP contribution in [0.5, 0.6) is 0 Å². The van der Waals surface area contributed by atoms with Gasteiger partial charge in [0.15, 0.2) is 0 Å². The normalized spacial score (nSPS) is 18.3. The highest BCUT2D eigenvalue weighted by atomic mass is 35.5. The van der Waals surface area contributed by atoms with Crippen molar-refractivity contribution in [3.05, 3.63) is 16.6 Å². The van der Waals surface area contributed by atoms with Gasteiger partial charge in [0.1, 0.15) is 0 Å². The Kier molecular flexibility index (Phi) is 9.36. The molecule has 2 N–H and O–H groups in total. The van der Waals surface area contributed by atoms with Crippen LogP contribution in [-0.4, -0.2) is 30.0 Å². The third kappa shape index (κ3) is 5.52. The number of halogens is 2. The first-order chi connectivity index (χ1) is 7.86. The third-order valence-corrected chi connectivity index (χ3v) is 3.43. The maximum Gasteiger partial charge on any atom is 0.237 e. The lowest BCUT2D eigenvalue weighted by Gasteiger charge is -2.22. The largest absolute Gasteiger partial charge is 0.354 e. The molecule has 7 heteroatoms. The van der Waals surface area contributed by atoms with Crippen LogP contribution >= 0.6 is 36.2 Å². The fourth-order valence-electron chi connectivity index (χ4n) is 1.87. The standard InChI is InChI=1S/C11H17N3OS.2ClH/c15-11(10-3-1-2-5-12-10)13-6-4-9-7-16-8-14-9;;/h7-8,10,12H,1-6H2,(H,13,15);2*1H/t10-;;/m0../s1. The monoisotopic (exact) mass is 311 g/mol. The molecule has 0 aromatic carbocycles. The van der Waals surface area contributed by atoms with Crippen molar-refractivity contribution in [1.29, 1.82) is 0 Å². The van der Waals surface area contributed by atoms with Gasteiger partial charge >= 0.3 is 0 Å². The maximum absolute atomic E-state index is 11.7. The summed E-state index contributed by atoms with van der Waals surface area (Å²) in [6, 6.07) is 0.0178. The van der Waals surface area contributed by atoms with Crippen molar-refractivity contribution < 1.29 is 4.79 Å². The molecule has 0 saturated carbocycles. The number of nitrogens with one attached hydrogen (secondary N) is 2. The Morgan fingerprint density at radius 3 is 2.94 bits per heavy atom. The second kappa shape index (κ2) is 9.55. The molecule has 1 aliphatic rings. The van der Waals surface area contributed by atoms with Gasteiger partial charge in [0.2, 0.25) is 5.91 Å². The summed E-state index contributed by atoms with van der Waals surface area (Å²) in [7, 11) is 0. The smallest absolute Gasteiger partial charge is 0.237 e. The van der Waals surface area contributed by atoms with Gasteiger partial charge in [-0.05, 0) is 19.4 Å². The number of thiazole rings is 1. The Morgan fingerprint density at radius 1 is 1.50 bits per heavy atom. The van der Waals surface area contributed by atoms with Crippen molar-refractivity contribution >= 4 is 42.1 Å². The summed E-state index contributed by atoms with van der Waals surface area (Å²) < 4.78 is 0. The lowest BCUT2D eigenvalue weighted by atomic mass is 10.0. The molecule has 0 aliphatic carbocycles. The molecule has 0 spiro atoms. The topological polar surface area (TPSA) is 54.0 Å². The van der Waals surface area contributed by atoms with Gasteiger partial charge in [-0.3, -0.25) is 4.79 Å². The fourth-order valence-corrected chi connectivity index (χ4v) is 2.47. The van der Waals surface area contributed by atoms with Crippen LogP contribution in [-0.2, 0) is 11.2 Å². The molecule has 104 valence electrons. The van der Waals surface area contributed by atoms with Crippen LogP contribution in [0, 0.1) is 0 Å². The summed E-state index contributed by atoms with van der Waals surface area (Å²) in [5.74, 6) is 0.134. The molecule has 1 aromatic rings. The van der Waals surface area contributed by atoms with Gasteiger partial charge in [-0.15, -0.1) is 36.2 Å². The minimum absolute atomic E-state index is 0. The van der Waals surface area contributed by atoms with Gasteiger partial charge in [0.05, 0.1) is 17.2 Å². The molecule has 0 unspecified atom stereocenters. The number of rotatable bonds is 4. The lowest BCUT2D eigenvalue weighted by Crippen LogP contribution is -2.47. The molecule has 0 radical (unpaired) electrons. The number of carbonyl (C=O) groups is 1. The first kappa shape index (κ1) is 17.6. The first-order valence-corrected chi connectivity index (χ1v) is 6.69. The van der Waals surface area contributed by atoms with Gasteiger partial charge in [0.25, 0.3) is 0 Å². The van der Waals surface area contributed by atoms with E-state index in [9.17, 15) is 4.79 Å². The van der Waals surface area contributed by atoms with E-state index in [0.717, 1.165) is 31.5 Å². The summed E-state index contributed by atoms with van der Waals surface area (Å²) in [5, 5.41) is 8.21. The molecule has 1 aliphatic heterocycles. The van der Waals surface area contributed by atoms with Crippen molar-refractivity contribution in [3.8, 4) is 0 Å². The van der Waals surface area contributed by atoms with Crippen LogP contribution in [0.1, 0.15) is 25.0 Å². The van der Waals surface area contributed by atoms with E-state index < -0.39 is 0 Å². The van der Waals surface area contributed by atoms with Gasteiger partial charge in [-0.2, -0.15) is 0 Å². The van der Waals surface area contributed by atoms with E-state index in [1.165, 1.54) is 6.42 Å². The Balaban J connectivity index is 0.00000144. The zero-order valence-electron chi connectivity index (χ0n) is 10.1.